The van der Waals surface area contributed by atoms with Gasteiger partial charge in [0.15, 0.2) is 0 Å². The number of hydrogen-bond donors (Lipinski definition) is 3. The number of fused-ring (bicyclic) bond motifs is 3. The van der Waals surface area contributed by atoms with Crippen molar-refractivity contribution in [2.45, 2.75) is 68.6 Å². The molecule has 6 rings (SSSR count). The summed E-state index contributed by atoms with van der Waals surface area (Å²) < 4.78 is 33.6. The van der Waals surface area contributed by atoms with Gasteiger partial charge in [-0.2, -0.15) is 0 Å². The lowest BCUT2D eigenvalue weighted by Crippen LogP contribution is -2.35. The molecule has 2 aliphatic carbocycles. The van der Waals surface area contributed by atoms with Crippen molar-refractivity contribution in [3.05, 3.63) is 81.9 Å². The molecule has 3 amide bonds. The average Bonchev–Trinajstić information content (AvgIpc) is 3.66. The van der Waals surface area contributed by atoms with Gasteiger partial charge in [-0.3, -0.25) is 9.59 Å². The van der Waals surface area contributed by atoms with Gasteiger partial charge in [-0.1, -0.05) is 24.3 Å². The first-order valence-corrected chi connectivity index (χ1v) is 16.9. The molecule has 0 bridgehead atoms. The topological polar surface area (TPSA) is 134 Å². The molecular weight excluding hydrogens is 592 g/mol. The summed E-state index contributed by atoms with van der Waals surface area (Å²) in [5.74, 6) is -0.313. The van der Waals surface area contributed by atoms with Gasteiger partial charge in [-0.15, -0.1) is 0 Å². The molecule has 10 nitrogen and oxygen atoms in total. The molecule has 1 aliphatic heterocycles. The number of carbonyl (C=O) groups is 3. The first kappa shape index (κ1) is 30.6. The van der Waals surface area contributed by atoms with Crippen LogP contribution in [0.25, 0.3) is 0 Å². The predicted octanol–water partition coefficient (Wildman–Crippen LogP) is 4.38. The van der Waals surface area contributed by atoms with Crippen LogP contribution >= 0.6 is 0 Å². The van der Waals surface area contributed by atoms with Gasteiger partial charge in [0.1, 0.15) is 5.75 Å². The molecule has 0 aromatic heterocycles. The van der Waals surface area contributed by atoms with E-state index < -0.39 is 16.1 Å². The smallest absolute Gasteiger partial charge is 0.333 e. The van der Waals surface area contributed by atoms with Crippen LogP contribution in [0.1, 0.15) is 65.0 Å². The standard InChI is InChI=1S/C34H38N4O6S/c1-38(2)25-11-14-27-24(19-32(40)44-30(27)20-25)18-31(39)35-16-15-21-9-12-26(13-10-21)45(42,43)37-34(41)36-33-28-7-3-5-22(28)17-23-6-4-8-29(23)33/h9-14,17,20,24H,3-8,15-16,18-19H2,1-2H3,(H,35,39)(H2,36,37,41). The number of benzene rings is 3. The number of esters is 1. The monoisotopic (exact) mass is 630 g/mol. The first-order valence-electron chi connectivity index (χ1n) is 15.5. The number of hydrogen-bond acceptors (Lipinski definition) is 7. The van der Waals surface area contributed by atoms with Crippen molar-refractivity contribution in [3.63, 3.8) is 0 Å². The predicted molar refractivity (Wildman–Crippen MR) is 171 cm³/mol. The molecule has 1 unspecified atom stereocenters. The van der Waals surface area contributed by atoms with Crippen LogP contribution in [-0.4, -0.2) is 47.0 Å². The van der Waals surface area contributed by atoms with Crippen LogP contribution in [0, 0.1) is 0 Å². The zero-order valence-electron chi connectivity index (χ0n) is 25.6. The minimum atomic E-state index is -4.08. The summed E-state index contributed by atoms with van der Waals surface area (Å²) in [6.07, 6.45) is 6.58. The van der Waals surface area contributed by atoms with Crippen molar-refractivity contribution in [3.8, 4) is 5.75 Å². The quantitative estimate of drug-likeness (QED) is 0.236. The van der Waals surface area contributed by atoms with Gasteiger partial charge in [-0.25, -0.2) is 17.9 Å². The summed E-state index contributed by atoms with van der Waals surface area (Å²) >= 11 is 0. The number of sulfonamides is 1. The molecule has 236 valence electrons. The van der Waals surface area contributed by atoms with E-state index in [1.807, 2.05) is 37.2 Å². The summed E-state index contributed by atoms with van der Waals surface area (Å²) in [4.78, 5) is 39.7. The van der Waals surface area contributed by atoms with Gasteiger partial charge in [0.25, 0.3) is 10.0 Å². The largest absolute Gasteiger partial charge is 0.426 e. The third-order valence-corrected chi connectivity index (χ3v) is 10.3. The van der Waals surface area contributed by atoms with E-state index in [4.69, 9.17) is 4.74 Å². The highest BCUT2D eigenvalue weighted by Crippen LogP contribution is 2.39. The molecule has 45 heavy (non-hydrogen) atoms. The second-order valence-electron chi connectivity index (χ2n) is 12.2. The lowest BCUT2D eigenvalue weighted by Gasteiger charge is -2.25. The molecule has 0 saturated heterocycles. The van der Waals surface area contributed by atoms with E-state index in [9.17, 15) is 22.8 Å². The zero-order chi connectivity index (χ0) is 31.7. The number of rotatable bonds is 9. The van der Waals surface area contributed by atoms with Gasteiger partial charge in [0.05, 0.1) is 11.3 Å². The summed E-state index contributed by atoms with van der Waals surface area (Å²) in [5.41, 5.74) is 8.12. The minimum Gasteiger partial charge on any atom is -0.426 e. The highest BCUT2D eigenvalue weighted by atomic mass is 32.2. The second kappa shape index (κ2) is 12.5. The fourth-order valence-electron chi connectivity index (χ4n) is 6.65. The Morgan fingerprint density at radius 2 is 1.62 bits per heavy atom. The molecule has 3 aromatic carbocycles. The zero-order valence-corrected chi connectivity index (χ0v) is 26.4. The molecule has 3 aliphatic rings. The normalized spacial score (nSPS) is 16.7. The van der Waals surface area contributed by atoms with Crippen molar-refractivity contribution < 1.29 is 27.5 Å². The first-order chi connectivity index (χ1) is 21.6. The molecule has 3 N–H and O–H groups in total. The maximum Gasteiger partial charge on any atom is 0.333 e. The lowest BCUT2D eigenvalue weighted by atomic mass is 9.89. The Balaban J connectivity index is 1.01. The van der Waals surface area contributed by atoms with Gasteiger partial charge in [0.2, 0.25) is 5.91 Å². The fraction of sp³-hybridized carbons (Fsp3) is 0.382. The van der Waals surface area contributed by atoms with Crippen molar-refractivity contribution in [2.75, 3.05) is 30.9 Å². The Hall–Kier alpha value is -4.38. The van der Waals surface area contributed by atoms with E-state index in [2.05, 4.69) is 21.4 Å². The fourth-order valence-corrected chi connectivity index (χ4v) is 7.56. The SMILES string of the molecule is CN(C)c1ccc2c(c1)OC(=O)CC2CC(=O)NCCc1ccc(S(=O)(=O)NC(=O)Nc2c3c(cc4c2CCC4)CCC3)cc1. The Labute approximate surface area is 263 Å². The van der Waals surface area contributed by atoms with Gasteiger partial charge in [0, 0.05) is 50.4 Å². The summed E-state index contributed by atoms with van der Waals surface area (Å²) in [6.45, 7) is 0.348. The molecule has 0 saturated carbocycles. The molecule has 0 radical (unpaired) electrons. The van der Waals surface area contributed by atoms with E-state index in [0.717, 1.165) is 72.2 Å². The van der Waals surface area contributed by atoms with Gasteiger partial charge >= 0.3 is 12.0 Å². The van der Waals surface area contributed by atoms with Crippen LogP contribution in [0.3, 0.4) is 0 Å². The number of anilines is 2. The molecule has 0 fully saturated rings. The maximum atomic E-state index is 13.0. The lowest BCUT2D eigenvalue weighted by molar-refractivity contribution is -0.136. The van der Waals surface area contributed by atoms with Crippen molar-refractivity contribution >= 4 is 39.3 Å². The number of nitrogens with one attached hydrogen (secondary N) is 3. The number of aryl methyl sites for hydroxylation is 2. The van der Waals surface area contributed by atoms with Crippen LogP contribution in [0.4, 0.5) is 16.2 Å². The van der Waals surface area contributed by atoms with Crippen LogP contribution in [0.2, 0.25) is 0 Å². The van der Waals surface area contributed by atoms with Crippen LogP contribution < -0.4 is 25.0 Å². The number of ether oxygens (including phenoxy) is 1. The Bertz CT molecular complexity index is 1740. The van der Waals surface area contributed by atoms with E-state index in [-0.39, 0.29) is 35.5 Å². The minimum absolute atomic E-state index is 0.0192. The van der Waals surface area contributed by atoms with Gasteiger partial charge in [-0.05, 0) is 96.5 Å². The number of urea groups is 1. The van der Waals surface area contributed by atoms with E-state index >= 15 is 0 Å². The Morgan fingerprint density at radius 1 is 0.933 bits per heavy atom. The molecule has 0 spiro atoms. The summed E-state index contributed by atoms with van der Waals surface area (Å²) in [5, 5.41) is 5.77. The third-order valence-electron chi connectivity index (χ3n) is 8.93. The molecule has 11 heteroatoms. The van der Waals surface area contributed by atoms with E-state index in [1.54, 1.807) is 12.1 Å². The van der Waals surface area contributed by atoms with Crippen molar-refractivity contribution in [1.82, 2.24) is 10.0 Å². The molecular formula is C34H38N4O6S. The summed E-state index contributed by atoms with van der Waals surface area (Å²) in [7, 11) is -0.277. The Kier molecular flexibility index (Phi) is 8.54. The number of carbonyl (C=O) groups excluding carboxylic acids is 3. The van der Waals surface area contributed by atoms with Crippen LogP contribution in [-0.2, 0) is 51.7 Å². The molecule has 1 atom stereocenters. The average molecular weight is 631 g/mol. The number of amides is 3. The summed E-state index contributed by atoms with van der Waals surface area (Å²) in [6, 6.07) is 13.4. The molecule has 1 heterocycles. The molecule has 3 aromatic rings. The van der Waals surface area contributed by atoms with Crippen molar-refractivity contribution in [2.24, 2.45) is 0 Å². The second-order valence-corrected chi connectivity index (χ2v) is 13.9. The third kappa shape index (κ3) is 6.68. The Morgan fingerprint density at radius 3 is 2.29 bits per heavy atom. The number of nitrogens with zero attached hydrogens (tertiary/aromatic N) is 1. The van der Waals surface area contributed by atoms with Crippen LogP contribution in [0.5, 0.6) is 5.75 Å². The van der Waals surface area contributed by atoms with Gasteiger partial charge < -0.3 is 20.3 Å². The maximum absolute atomic E-state index is 13.0. The van der Waals surface area contributed by atoms with Crippen LogP contribution in [0.15, 0.2) is 53.4 Å². The highest BCUT2D eigenvalue weighted by Gasteiger charge is 2.30. The highest BCUT2D eigenvalue weighted by molar-refractivity contribution is 7.90. The van der Waals surface area contributed by atoms with Crippen molar-refractivity contribution in [1.29, 1.82) is 0 Å². The van der Waals surface area contributed by atoms with E-state index in [0.29, 0.717) is 18.7 Å². The van der Waals surface area contributed by atoms with E-state index in [1.165, 1.54) is 23.3 Å².